The number of ketones is 1. The second-order valence-corrected chi connectivity index (χ2v) is 12.4. The summed E-state index contributed by atoms with van der Waals surface area (Å²) in [7, 11) is 3.42. The Morgan fingerprint density at radius 3 is 2.17 bits per heavy atom. The minimum absolute atomic E-state index is 0.0677. The quantitative estimate of drug-likeness (QED) is 0.283. The number of fused-ring (bicyclic) bond motifs is 1. The van der Waals surface area contributed by atoms with Gasteiger partial charge in [0.05, 0.1) is 24.2 Å². The second-order valence-electron chi connectivity index (χ2n) is 12.4. The van der Waals surface area contributed by atoms with E-state index in [4.69, 9.17) is 0 Å². The summed E-state index contributed by atoms with van der Waals surface area (Å²) in [6.07, 6.45) is -6.99. The molecule has 0 bridgehead atoms. The number of piperidine rings is 2. The number of quaternary nitrogens is 1. The van der Waals surface area contributed by atoms with Crippen LogP contribution in [0.2, 0.25) is 0 Å². The van der Waals surface area contributed by atoms with E-state index in [-0.39, 0.29) is 27.9 Å². The molecule has 3 aliphatic heterocycles. The van der Waals surface area contributed by atoms with Gasteiger partial charge < -0.3 is 4.90 Å². The molecule has 3 heterocycles. The van der Waals surface area contributed by atoms with Crippen molar-refractivity contribution in [3.8, 4) is 0 Å². The van der Waals surface area contributed by atoms with Crippen molar-refractivity contribution in [1.29, 1.82) is 0 Å². The van der Waals surface area contributed by atoms with Gasteiger partial charge in [0.25, 0.3) is 0 Å². The molecular formula is C31H36F6N3O2+. The van der Waals surface area contributed by atoms with Crippen LogP contribution in [-0.2, 0) is 23.7 Å². The Labute approximate surface area is 241 Å². The van der Waals surface area contributed by atoms with E-state index in [2.05, 4.69) is 4.90 Å². The van der Waals surface area contributed by atoms with E-state index in [0.717, 1.165) is 24.2 Å². The SMILES string of the molecule is Cc1ccccc1[C@@H]1CC2(CCN(C)CC2)C(=O)C2CCC[N+]21C(=O)N(C)Cc1cc(C(F)(F)F)cc(C(F)(F)F)c1. The highest BCUT2D eigenvalue weighted by atomic mass is 19.4. The van der Waals surface area contributed by atoms with E-state index in [9.17, 15) is 35.9 Å². The number of benzene rings is 2. The molecule has 0 aromatic heterocycles. The number of halogens is 6. The van der Waals surface area contributed by atoms with Crippen molar-refractivity contribution in [3.05, 3.63) is 70.3 Å². The maximum absolute atomic E-state index is 14.5. The number of urea groups is 1. The summed E-state index contributed by atoms with van der Waals surface area (Å²) in [6.45, 7) is 3.42. The van der Waals surface area contributed by atoms with Crippen molar-refractivity contribution in [2.24, 2.45) is 5.41 Å². The largest absolute Gasteiger partial charge is 0.420 e. The van der Waals surface area contributed by atoms with Crippen LogP contribution in [0, 0.1) is 12.3 Å². The number of rotatable bonds is 3. The maximum atomic E-state index is 14.5. The zero-order chi connectivity index (χ0) is 30.7. The molecule has 0 saturated carbocycles. The van der Waals surface area contributed by atoms with E-state index in [1.54, 1.807) is 0 Å². The Hall–Kier alpha value is -2.92. The number of nitrogens with zero attached hydrogens (tertiary/aromatic N) is 3. The Balaban J connectivity index is 1.56. The second kappa shape index (κ2) is 10.7. The number of carbonyl (C=O) groups is 2. The molecule has 1 spiro atoms. The van der Waals surface area contributed by atoms with Crippen molar-refractivity contribution in [1.82, 2.24) is 9.80 Å². The number of hydrogen-bond acceptors (Lipinski definition) is 3. The van der Waals surface area contributed by atoms with Crippen molar-refractivity contribution < 1.29 is 40.4 Å². The molecule has 0 aliphatic carbocycles. The molecule has 42 heavy (non-hydrogen) atoms. The molecule has 3 saturated heterocycles. The number of likely N-dealkylation sites (tertiary alicyclic amines) is 1. The average molecular weight is 597 g/mol. The van der Waals surface area contributed by atoms with Crippen LogP contribution in [-0.4, -0.2) is 65.9 Å². The Morgan fingerprint density at radius 2 is 1.60 bits per heavy atom. The van der Waals surface area contributed by atoms with Crippen LogP contribution in [0.5, 0.6) is 0 Å². The molecule has 3 fully saturated rings. The molecule has 2 amide bonds. The molecule has 11 heteroatoms. The number of Topliss-reactive ketones (excluding diaryl/α,β-unsaturated/α-hetero) is 1. The first-order valence-electron chi connectivity index (χ1n) is 14.3. The molecule has 3 atom stereocenters. The van der Waals surface area contributed by atoms with E-state index in [0.29, 0.717) is 50.8 Å². The van der Waals surface area contributed by atoms with Gasteiger partial charge in [0, 0.05) is 37.3 Å². The highest BCUT2D eigenvalue weighted by molar-refractivity contribution is 5.92. The fourth-order valence-corrected chi connectivity index (χ4v) is 7.58. The fraction of sp³-hybridized carbons (Fsp3) is 0.548. The van der Waals surface area contributed by atoms with Gasteiger partial charge in [0.1, 0.15) is 6.04 Å². The lowest BCUT2D eigenvalue weighted by Gasteiger charge is -2.54. The molecule has 2 aromatic carbocycles. The summed E-state index contributed by atoms with van der Waals surface area (Å²) < 4.78 is 81.0. The summed E-state index contributed by atoms with van der Waals surface area (Å²) >= 11 is 0. The van der Waals surface area contributed by atoms with Crippen molar-refractivity contribution in [3.63, 3.8) is 0 Å². The van der Waals surface area contributed by atoms with Crippen LogP contribution in [0.25, 0.3) is 0 Å². The molecule has 2 unspecified atom stereocenters. The lowest BCUT2D eigenvalue weighted by atomic mass is 9.64. The summed E-state index contributed by atoms with van der Waals surface area (Å²) in [6, 6.07) is 7.72. The summed E-state index contributed by atoms with van der Waals surface area (Å²) in [5, 5.41) is 0. The van der Waals surface area contributed by atoms with E-state index >= 15 is 0 Å². The van der Waals surface area contributed by atoms with Crippen LogP contribution in [0.1, 0.15) is 66.0 Å². The third kappa shape index (κ3) is 5.23. The number of hydrogen-bond donors (Lipinski definition) is 0. The van der Waals surface area contributed by atoms with Crippen LogP contribution >= 0.6 is 0 Å². The Kier molecular flexibility index (Phi) is 7.75. The molecule has 228 valence electrons. The molecule has 0 N–H and O–H groups in total. The van der Waals surface area contributed by atoms with Crippen molar-refractivity contribution in [2.75, 3.05) is 33.7 Å². The predicted octanol–water partition coefficient (Wildman–Crippen LogP) is 6.99. The van der Waals surface area contributed by atoms with E-state index < -0.39 is 47.5 Å². The summed E-state index contributed by atoms with van der Waals surface area (Å²) in [4.78, 5) is 32.2. The Morgan fingerprint density at radius 1 is 1.00 bits per heavy atom. The lowest BCUT2D eigenvalue weighted by Crippen LogP contribution is -2.70. The minimum Gasteiger partial charge on any atom is -0.306 e. The van der Waals surface area contributed by atoms with Gasteiger partial charge in [-0.2, -0.15) is 26.3 Å². The lowest BCUT2D eigenvalue weighted by molar-refractivity contribution is -0.893. The van der Waals surface area contributed by atoms with Gasteiger partial charge >= 0.3 is 18.4 Å². The predicted molar refractivity (Wildman–Crippen MR) is 144 cm³/mol. The summed E-state index contributed by atoms with van der Waals surface area (Å²) in [5.41, 5.74) is -1.76. The molecule has 3 aliphatic rings. The maximum Gasteiger partial charge on any atom is 0.420 e. The number of alkyl halides is 6. The van der Waals surface area contributed by atoms with Gasteiger partial charge in [-0.05, 0) is 69.2 Å². The van der Waals surface area contributed by atoms with Crippen molar-refractivity contribution in [2.45, 2.75) is 70.0 Å². The molecule has 2 aromatic rings. The monoisotopic (exact) mass is 596 g/mol. The van der Waals surface area contributed by atoms with Crippen LogP contribution < -0.4 is 0 Å². The van der Waals surface area contributed by atoms with E-state index in [1.165, 1.54) is 11.9 Å². The smallest absolute Gasteiger partial charge is 0.306 e. The van der Waals surface area contributed by atoms with Crippen LogP contribution in [0.4, 0.5) is 31.1 Å². The summed E-state index contributed by atoms with van der Waals surface area (Å²) in [5.74, 6) is 0.0677. The first kappa shape index (κ1) is 30.5. The number of aryl methyl sites for hydroxylation is 1. The highest BCUT2D eigenvalue weighted by Gasteiger charge is 2.66. The molecule has 5 rings (SSSR count). The van der Waals surface area contributed by atoms with Gasteiger partial charge in [0.15, 0.2) is 11.8 Å². The first-order chi connectivity index (χ1) is 19.6. The van der Waals surface area contributed by atoms with Crippen LogP contribution in [0.15, 0.2) is 42.5 Å². The topological polar surface area (TPSA) is 40.6 Å². The third-order valence-corrected chi connectivity index (χ3v) is 9.77. The van der Waals surface area contributed by atoms with E-state index in [1.807, 2.05) is 38.2 Å². The minimum atomic E-state index is -4.99. The number of amides is 2. The van der Waals surface area contributed by atoms with Gasteiger partial charge in [-0.25, -0.2) is 9.28 Å². The van der Waals surface area contributed by atoms with Gasteiger partial charge in [-0.3, -0.25) is 9.69 Å². The third-order valence-electron chi connectivity index (χ3n) is 9.77. The molecule has 5 nitrogen and oxygen atoms in total. The standard InChI is InChI=1S/C31H36F6N3O2/c1-20-7-4-5-8-24(20)26-18-29(10-12-38(2)13-11-29)27(41)25-9-6-14-40(25,26)28(42)39(3)19-21-15-22(30(32,33)34)17-23(16-21)31(35,36)37/h4-5,7-8,15-17,25-26H,6,9-14,18-19H2,1-3H3/q+1/t25?,26-,40?/m0/s1. The first-order valence-corrected chi connectivity index (χ1v) is 14.3. The Bertz CT molecular complexity index is 1330. The average Bonchev–Trinajstić information content (AvgIpc) is 3.37. The zero-order valence-corrected chi connectivity index (χ0v) is 24.0. The molecule has 0 radical (unpaired) electrons. The highest BCUT2D eigenvalue weighted by Crippen LogP contribution is 2.56. The zero-order valence-electron chi connectivity index (χ0n) is 24.0. The van der Waals surface area contributed by atoms with Gasteiger partial charge in [0.2, 0.25) is 0 Å². The van der Waals surface area contributed by atoms with Crippen LogP contribution in [0.3, 0.4) is 0 Å². The normalized spacial score (nSPS) is 26.4. The van der Waals surface area contributed by atoms with Gasteiger partial charge in [-0.1, -0.05) is 24.3 Å². The molecular weight excluding hydrogens is 560 g/mol. The number of carbonyl (C=O) groups excluding carboxylic acids is 2. The van der Waals surface area contributed by atoms with Gasteiger partial charge in [-0.15, -0.1) is 0 Å². The fourth-order valence-electron chi connectivity index (χ4n) is 7.58. The van der Waals surface area contributed by atoms with Crippen molar-refractivity contribution >= 4 is 11.8 Å².